The number of morpholine rings is 1. The van der Waals surface area contributed by atoms with Crippen LogP contribution in [0.2, 0.25) is 0 Å². The minimum Gasteiger partial charge on any atom is -0.394 e. The van der Waals surface area contributed by atoms with E-state index in [1.165, 1.54) is 0 Å². The van der Waals surface area contributed by atoms with E-state index in [9.17, 15) is 0 Å². The highest BCUT2D eigenvalue weighted by Gasteiger charge is 2.26. The van der Waals surface area contributed by atoms with Crippen molar-refractivity contribution in [2.75, 3.05) is 24.6 Å². The van der Waals surface area contributed by atoms with Crippen molar-refractivity contribution in [2.24, 2.45) is 0 Å². The summed E-state index contributed by atoms with van der Waals surface area (Å²) in [5, 5.41) is 12.2. The van der Waals surface area contributed by atoms with Crippen LogP contribution in [0.1, 0.15) is 12.6 Å². The lowest BCUT2D eigenvalue weighted by atomic mass is 10.2. The first kappa shape index (κ1) is 10.9. The predicted octanol–water partition coefficient (Wildman–Crippen LogP) is 1.04. The fourth-order valence-electron chi connectivity index (χ4n) is 1.79. The Morgan fingerprint density at radius 2 is 2.47 bits per heavy atom. The van der Waals surface area contributed by atoms with Gasteiger partial charge < -0.3 is 14.7 Å². The van der Waals surface area contributed by atoms with E-state index >= 15 is 0 Å². The number of anilines is 1. The summed E-state index contributed by atoms with van der Waals surface area (Å²) < 4.78 is 5.58. The van der Waals surface area contributed by atoms with Crippen LogP contribution in [-0.4, -0.2) is 42.0 Å². The van der Waals surface area contributed by atoms with Crippen LogP contribution in [0.3, 0.4) is 0 Å². The maximum Gasteiger partial charge on any atom is 0.185 e. The van der Waals surface area contributed by atoms with Crippen LogP contribution in [0.15, 0.2) is 5.38 Å². The molecule has 1 aliphatic rings. The van der Waals surface area contributed by atoms with E-state index in [0.717, 1.165) is 23.9 Å². The van der Waals surface area contributed by atoms with Gasteiger partial charge in [0.2, 0.25) is 0 Å². The standard InChI is InChI=1S/C10H16N2O2S/c1-7-6-15-10(11-7)12-3-8(2)14-9(4-12)5-13/h6,8-9,13H,3-5H2,1-2H3. The number of thiazole rings is 1. The van der Waals surface area contributed by atoms with E-state index in [0.29, 0.717) is 0 Å². The molecule has 15 heavy (non-hydrogen) atoms. The van der Waals surface area contributed by atoms with Crippen LogP contribution >= 0.6 is 11.3 Å². The van der Waals surface area contributed by atoms with Gasteiger partial charge in [0.1, 0.15) is 0 Å². The second-order valence-electron chi connectivity index (χ2n) is 3.93. The Bertz CT molecular complexity index is 329. The van der Waals surface area contributed by atoms with Crippen molar-refractivity contribution in [3.8, 4) is 0 Å². The van der Waals surface area contributed by atoms with Gasteiger partial charge in [0, 0.05) is 18.5 Å². The summed E-state index contributed by atoms with van der Waals surface area (Å²) in [6, 6.07) is 0. The number of aliphatic hydroxyl groups excluding tert-OH is 1. The van der Waals surface area contributed by atoms with Crippen LogP contribution in [0.25, 0.3) is 0 Å². The number of aryl methyl sites for hydroxylation is 1. The molecule has 0 amide bonds. The molecule has 0 aliphatic carbocycles. The van der Waals surface area contributed by atoms with Crippen molar-refractivity contribution in [3.63, 3.8) is 0 Å². The Morgan fingerprint density at radius 3 is 3.07 bits per heavy atom. The molecule has 0 radical (unpaired) electrons. The third-order valence-electron chi connectivity index (χ3n) is 2.41. The normalized spacial score (nSPS) is 27.0. The van der Waals surface area contributed by atoms with Crippen molar-refractivity contribution in [1.29, 1.82) is 0 Å². The number of ether oxygens (including phenoxy) is 1. The first-order valence-electron chi connectivity index (χ1n) is 5.12. The third-order valence-corrected chi connectivity index (χ3v) is 3.43. The second-order valence-corrected chi connectivity index (χ2v) is 4.76. The number of aliphatic hydroxyl groups is 1. The molecule has 4 nitrogen and oxygen atoms in total. The lowest BCUT2D eigenvalue weighted by Gasteiger charge is -2.35. The molecule has 2 rings (SSSR count). The van der Waals surface area contributed by atoms with Gasteiger partial charge in [0.05, 0.1) is 24.5 Å². The van der Waals surface area contributed by atoms with E-state index in [4.69, 9.17) is 9.84 Å². The Balaban J connectivity index is 2.08. The van der Waals surface area contributed by atoms with Gasteiger partial charge in [-0.3, -0.25) is 0 Å². The summed E-state index contributed by atoms with van der Waals surface area (Å²) in [5.41, 5.74) is 1.05. The molecule has 0 bridgehead atoms. The molecule has 2 heterocycles. The molecule has 0 saturated carbocycles. The van der Waals surface area contributed by atoms with Crippen molar-refractivity contribution < 1.29 is 9.84 Å². The molecular weight excluding hydrogens is 212 g/mol. The molecule has 2 unspecified atom stereocenters. The van der Waals surface area contributed by atoms with E-state index in [1.807, 2.05) is 19.2 Å². The molecule has 1 N–H and O–H groups in total. The molecule has 0 spiro atoms. The lowest BCUT2D eigenvalue weighted by molar-refractivity contribution is -0.0421. The summed E-state index contributed by atoms with van der Waals surface area (Å²) in [5.74, 6) is 0. The van der Waals surface area contributed by atoms with Gasteiger partial charge in [-0.25, -0.2) is 4.98 Å². The van der Waals surface area contributed by atoms with Crippen LogP contribution in [0, 0.1) is 6.92 Å². The molecule has 0 aromatic carbocycles. The molecule has 5 heteroatoms. The van der Waals surface area contributed by atoms with Crippen LogP contribution < -0.4 is 4.90 Å². The van der Waals surface area contributed by atoms with Gasteiger partial charge in [-0.1, -0.05) is 0 Å². The topological polar surface area (TPSA) is 45.6 Å². The first-order chi connectivity index (χ1) is 7.19. The number of rotatable bonds is 2. The van der Waals surface area contributed by atoms with E-state index in [2.05, 4.69) is 9.88 Å². The second kappa shape index (κ2) is 4.47. The fraction of sp³-hybridized carbons (Fsp3) is 0.700. The van der Waals surface area contributed by atoms with Crippen molar-refractivity contribution in [3.05, 3.63) is 11.1 Å². The zero-order chi connectivity index (χ0) is 10.8. The number of hydrogen-bond acceptors (Lipinski definition) is 5. The Kier molecular flexibility index (Phi) is 3.23. The van der Waals surface area contributed by atoms with Crippen molar-refractivity contribution >= 4 is 16.5 Å². The average Bonchev–Trinajstić information content (AvgIpc) is 2.64. The van der Waals surface area contributed by atoms with Crippen molar-refractivity contribution in [2.45, 2.75) is 26.1 Å². The summed E-state index contributed by atoms with van der Waals surface area (Å²) in [6.07, 6.45) is 0.0677. The van der Waals surface area contributed by atoms with Gasteiger partial charge in [0.15, 0.2) is 5.13 Å². The van der Waals surface area contributed by atoms with Crippen LogP contribution in [0.4, 0.5) is 5.13 Å². The summed E-state index contributed by atoms with van der Waals surface area (Å²) in [6.45, 7) is 5.67. The number of aromatic nitrogens is 1. The zero-order valence-electron chi connectivity index (χ0n) is 9.01. The number of hydrogen-bond donors (Lipinski definition) is 1. The smallest absolute Gasteiger partial charge is 0.185 e. The molecule has 1 fully saturated rings. The third kappa shape index (κ3) is 2.48. The maximum absolute atomic E-state index is 9.11. The monoisotopic (exact) mass is 228 g/mol. The Hall–Kier alpha value is -0.650. The predicted molar refractivity (Wildman–Crippen MR) is 60.5 cm³/mol. The maximum atomic E-state index is 9.11. The zero-order valence-corrected chi connectivity index (χ0v) is 9.83. The minimum absolute atomic E-state index is 0.0746. The highest BCUT2D eigenvalue weighted by Crippen LogP contribution is 2.23. The summed E-state index contributed by atoms with van der Waals surface area (Å²) in [7, 11) is 0. The van der Waals surface area contributed by atoms with Gasteiger partial charge in [-0.15, -0.1) is 11.3 Å². The number of nitrogens with zero attached hydrogens (tertiary/aromatic N) is 2. The quantitative estimate of drug-likeness (QED) is 0.821. The SMILES string of the molecule is Cc1csc(N2CC(C)OC(CO)C2)n1. The Labute approximate surface area is 93.5 Å². The lowest BCUT2D eigenvalue weighted by Crippen LogP contribution is -2.48. The molecule has 1 aromatic heterocycles. The average molecular weight is 228 g/mol. The molecule has 1 aromatic rings. The van der Waals surface area contributed by atoms with E-state index in [-0.39, 0.29) is 18.8 Å². The Morgan fingerprint density at radius 1 is 1.67 bits per heavy atom. The van der Waals surface area contributed by atoms with Crippen molar-refractivity contribution in [1.82, 2.24) is 4.98 Å². The van der Waals surface area contributed by atoms with E-state index < -0.39 is 0 Å². The molecule has 1 aliphatic heterocycles. The summed E-state index contributed by atoms with van der Waals surface area (Å²) >= 11 is 1.65. The van der Waals surface area contributed by atoms with E-state index in [1.54, 1.807) is 11.3 Å². The molecule has 2 atom stereocenters. The van der Waals surface area contributed by atoms with Gasteiger partial charge in [0.25, 0.3) is 0 Å². The fourth-order valence-corrected chi connectivity index (χ4v) is 2.61. The van der Waals surface area contributed by atoms with Crippen LogP contribution in [-0.2, 0) is 4.74 Å². The van der Waals surface area contributed by atoms with Gasteiger partial charge in [-0.2, -0.15) is 0 Å². The minimum atomic E-state index is -0.0852. The molecular formula is C10H16N2O2S. The summed E-state index contributed by atoms with van der Waals surface area (Å²) in [4.78, 5) is 6.63. The van der Waals surface area contributed by atoms with Gasteiger partial charge >= 0.3 is 0 Å². The molecule has 1 saturated heterocycles. The largest absolute Gasteiger partial charge is 0.394 e. The first-order valence-corrected chi connectivity index (χ1v) is 6.00. The highest BCUT2D eigenvalue weighted by molar-refractivity contribution is 7.13. The van der Waals surface area contributed by atoms with Crippen LogP contribution in [0.5, 0.6) is 0 Å². The highest BCUT2D eigenvalue weighted by atomic mass is 32.1. The molecule has 84 valence electrons. The van der Waals surface area contributed by atoms with Gasteiger partial charge in [-0.05, 0) is 13.8 Å².